The van der Waals surface area contributed by atoms with Crippen LogP contribution in [-0.2, 0) is 0 Å². The monoisotopic (exact) mass is 239 g/mol. The molecule has 18 heavy (non-hydrogen) atoms. The smallest absolute Gasteiger partial charge is 0.184 e. The van der Waals surface area contributed by atoms with Crippen molar-refractivity contribution < 1.29 is 13.6 Å². The molecule has 86 valence electrons. The van der Waals surface area contributed by atoms with E-state index < -0.39 is 5.82 Å². The third kappa shape index (κ3) is 1.25. The number of hydrogen-bond acceptors (Lipinski definition) is 3. The van der Waals surface area contributed by atoms with Crippen LogP contribution in [-0.4, -0.2) is 6.29 Å². The fourth-order valence-corrected chi connectivity index (χ4v) is 2.03. The van der Waals surface area contributed by atoms with Crippen molar-refractivity contribution in [3.8, 4) is 6.07 Å². The van der Waals surface area contributed by atoms with E-state index in [-0.39, 0.29) is 11.1 Å². The first-order chi connectivity index (χ1) is 8.76. The van der Waals surface area contributed by atoms with Crippen molar-refractivity contribution in [3.63, 3.8) is 0 Å². The van der Waals surface area contributed by atoms with Crippen LogP contribution in [0.3, 0.4) is 0 Å². The highest BCUT2D eigenvalue weighted by Crippen LogP contribution is 2.32. The average Bonchev–Trinajstić information content (AvgIpc) is 2.79. The Morgan fingerprint density at radius 2 is 1.94 bits per heavy atom. The van der Waals surface area contributed by atoms with Crippen LogP contribution in [0.2, 0.25) is 0 Å². The molecular weight excluding hydrogens is 233 g/mol. The number of carbonyl (C=O) groups excluding carboxylic acids is 1. The van der Waals surface area contributed by atoms with Gasteiger partial charge in [-0.05, 0) is 18.2 Å². The number of carbonyl (C=O) groups is 1. The molecule has 1 heterocycles. The third-order valence-corrected chi connectivity index (χ3v) is 2.88. The molecule has 3 aromatic rings. The molecule has 0 radical (unpaired) electrons. The van der Waals surface area contributed by atoms with Crippen molar-refractivity contribution in [1.82, 2.24) is 0 Å². The van der Waals surface area contributed by atoms with Crippen LogP contribution < -0.4 is 0 Å². The van der Waals surface area contributed by atoms with E-state index in [4.69, 9.17) is 9.68 Å². The molecule has 3 rings (SSSR count). The van der Waals surface area contributed by atoms with Gasteiger partial charge in [0.2, 0.25) is 0 Å². The van der Waals surface area contributed by atoms with Crippen LogP contribution in [0.5, 0.6) is 0 Å². The van der Waals surface area contributed by atoms with E-state index in [9.17, 15) is 9.18 Å². The van der Waals surface area contributed by atoms with E-state index in [2.05, 4.69) is 0 Å². The molecule has 0 aliphatic rings. The van der Waals surface area contributed by atoms with Crippen LogP contribution in [0.1, 0.15) is 15.9 Å². The number of aldehydes is 1. The van der Waals surface area contributed by atoms with Gasteiger partial charge in [-0.2, -0.15) is 5.26 Å². The molecular formula is C14H6FNO2. The number of furan rings is 1. The number of halogens is 1. The molecule has 0 saturated carbocycles. The highest BCUT2D eigenvalue weighted by atomic mass is 19.1. The number of hydrogen-bond donors (Lipinski definition) is 0. The first kappa shape index (κ1) is 10.5. The topological polar surface area (TPSA) is 54.0 Å². The van der Waals surface area contributed by atoms with Gasteiger partial charge in [-0.15, -0.1) is 0 Å². The minimum absolute atomic E-state index is 0.0124. The number of rotatable bonds is 1. The molecule has 0 aliphatic carbocycles. The minimum Gasteiger partial charge on any atom is -0.452 e. The Morgan fingerprint density at radius 3 is 2.67 bits per heavy atom. The summed E-state index contributed by atoms with van der Waals surface area (Å²) in [5, 5.41) is 9.99. The molecule has 4 heteroatoms. The van der Waals surface area contributed by atoms with E-state index in [0.29, 0.717) is 28.2 Å². The lowest BCUT2D eigenvalue weighted by Gasteiger charge is -1.93. The summed E-state index contributed by atoms with van der Waals surface area (Å²) < 4.78 is 19.3. The number of nitrogens with zero attached hydrogens (tertiary/aromatic N) is 1. The van der Waals surface area contributed by atoms with Crippen LogP contribution in [0, 0.1) is 17.1 Å². The normalized spacial score (nSPS) is 10.7. The lowest BCUT2D eigenvalue weighted by atomic mass is 10.1. The maximum Gasteiger partial charge on any atom is 0.184 e. The maximum absolute atomic E-state index is 13.9. The zero-order valence-electron chi connectivity index (χ0n) is 9.11. The Bertz CT molecular complexity index is 827. The molecule has 0 unspecified atom stereocenters. The predicted octanol–water partition coefficient (Wildman–Crippen LogP) is 3.41. The Labute approximate surface area is 101 Å². The molecule has 0 fully saturated rings. The van der Waals surface area contributed by atoms with Gasteiger partial charge in [0.25, 0.3) is 0 Å². The highest BCUT2D eigenvalue weighted by Gasteiger charge is 2.15. The molecule has 2 aromatic carbocycles. The molecule has 0 N–H and O–H groups in total. The molecule has 0 amide bonds. The van der Waals surface area contributed by atoms with Crippen molar-refractivity contribution in [3.05, 3.63) is 47.3 Å². The van der Waals surface area contributed by atoms with Gasteiger partial charge >= 0.3 is 0 Å². The second-order valence-corrected chi connectivity index (χ2v) is 3.86. The zero-order valence-corrected chi connectivity index (χ0v) is 9.11. The Hall–Kier alpha value is -2.67. The second kappa shape index (κ2) is 3.67. The summed E-state index contributed by atoms with van der Waals surface area (Å²) in [6.07, 6.45) is 0.661. The maximum atomic E-state index is 13.9. The fourth-order valence-electron chi connectivity index (χ4n) is 2.03. The van der Waals surface area contributed by atoms with Crippen molar-refractivity contribution in [2.45, 2.75) is 0 Å². The summed E-state index contributed by atoms with van der Waals surface area (Å²) in [5.74, 6) is -0.692. The van der Waals surface area contributed by atoms with Crippen molar-refractivity contribution in [2.24, 2.45) is 0 Å². The molecule has 0 atom stereocenters. The molecule has 0 bridgehead atoms. The first-order valence-corrected chi connectivity index (χ1v) is 5.25. The fraction of sp³-hybridized carbons (Fsp3) is 0. The van der Waals surface area contributed by atoms with E-state index >= 15 is 0 Å². The van der Waals surface area contributed by atoms with Gasteiger partial charge in [0, 0.05) is 10.8 Å². The van der Waals surface area contributed by atoms with E-state index in [1.807, 2.05) is 0 Å². The summed E-state index contributed by atoms with van der Waals surface area (Å²) in [6.45, 7) is 0. The summed E-state index contributed by atoms with van der Waals surface area (Å²) in [6, 6.07) is 9.83. The molecule has 0 aliphatic heterocycles. The number of benzene rings is 2. The van der Waals surface area contributed by atoms with Gasteiger partial charge in [0.05, 0.1) is 11.1 Å². The zero-order chi connectivity index (χ0) is 12.7. The van der Waals surface area contributed by atoms with Gasteiger partial charge in [0.1, 0.15) is 11.7 Å². The van der Waals surface area contributed by atoms with Gasteiger partial charge < -0.3 is 4.42 Å². The van der Waals surface area contributed by atoms with Gasteiger partial charge in [-0.3, -0.25) is 4.79 Å². The standard InChI is InChI=1S/C14H6FNO2/c15-12-8(6-16)4-5-11-10-3-1-2-9(7-17)13(10)18-14(11)12/h1-5,7H. The van der Waals surface area contributed by atoms with Gasteiger partial charge in [0.15, 0.2) is 17.7 Å². The highest BCUT2D eigenvalue weighted by molar-refractivity contribution is 6.09. The van der Waals surface area contributed by atoms with Crippen LogP contribution in [0.25, 0.3) is 21.9 Å². The molecule has 3 nitrogen and oxygen atoms in total. The second-order valence-electron chi connectivity index (χ2n) is 3.86. The quantitative estimate of drug-likeness (QED) is 0.611. The Kier molecular flexibility index (Phi) is 2.14. The third-order valence-electron chi connectivity index (χ3n) is 2.88. The Morgan fingerprint density at radius 1 is 1.17 bits per heavy atom. The summed E-state index contributed by atoms with van der Waals surface area (Å²) >= 11 is 0. The van der Waals surface area contributed by atoms with Crippen LogP contribution in [0.4, 0.5) is 4.39 Å². The number of fused-ring (bicyclic) bond motifs is 3. The SMILES string of the molecule is N#Cc1ccc2c(oc3c(C=O)cccc32)c1F. The van der Waals surface area contributed by atoms with Crippen molar-refractivity contribution in [2.75, 3.05) is 0 Å². The van der Waals surface area contributed by atoms with Gasteiger partial charge in [-0.25, -0.2) is 4.39 Å². The number of nitriles is 1. The molecule has 1 aromatic heterocycles. The minimum atomic E-state index is -0.692. The number of para-hydroxylation sites is 1. The van der Waals surface area contributed by atoms with Crippen molar-refractivity contribution in [1.29, 1.82) is 5.26 Å². The first-order valence-electron chi connectivity index (χ1n) is 5.25. The summed E-state index contributed by atoms with van der Waals surface area (Å²) in [7, 11) is 0. The lowest BCUT2D eigenvalue weighted by Crippen LogP contribution is -1.82. The van der Waals surface area contributed by atoms with Crippen LogP contribution in [0.15, 0.2) is 34.7 Å². The lowest BCUT2D eigenvalue weighted by molar-refractivity contribution is 0.112. The Balaban J connectivity index is 2.55. The van der Waals surface area contributed by atoms with Gasteiger partial charge in [-0.1, -0.05) is 12.1 Å². The summed E-state index contributed by atoms with van der Waals surface area (Å²) in [5.41, 5.74) is 0.644. The van der Waals surface area contributed by atoms with E-state index in [0.717, 1.165) is 0 Å². The summed E-state index contributed by atoms with van der Waals surface area (Å²) in [4.78, 5) is 10.9. The van der Waals surface area contributed by atoms with Crippen LogP contribution >= 0.6 is 0 Å². The largest absolute Gasteiger partial charge is 0.452 e. The molecule has 0 saturated heterocycles. The average molecular weight is 239 g/mol. The van der Waals surface area contributed by atoms with E-state index in [1.165, 1.54) is 6.07 Å². The van der Waals surface area contributed by atoms with E-state index in [1.54, 1.807) is 30.3 Å². The predicted molar refractivity (Wildman–Crippen MR) is 63.8 cm³/mol. The molecule has 0 spiro atoms. The van der Waals surface area contributed by atoms with Crippen molar-refractivity contribution >= 4 is 28.2 Å².